The number of imidazole rings is 1. The van der Waals surface area contributed by atoms with Gasteiger partial charge < -0.3 is 19.4 Å². The van der Waals surface area contributed by atoms with E-state index in [9.17, 15) is 4.79 Å². The van der Waals surface area contributed by atoms with Crippen LogP contribution in [-0.2, 0) is 17.8 Å². The van der Waals surface area contributed by atoms with Crippen molar-refractivity contribution in [3.8, 4) is 11.5 Å². The van der Waals surface area contributed by atoms with Gasteiger partial charge >= 0.3 is 0 Å². The van der Waals surface area contributed by atoms with Gasteiger partial charge in [-0.1, -0.05) is 6.07 Å². The summed E-state index contributed by atoms with van der Waals surface area (Å²) in [5.74, 6) is 2.26. The highest BCUT2D eigenvalue weighted by Crippen LogP contribution is 2.29. The summed E-state index contributed by atoms with van der Waals surface area (Å²) in [6.45, 7) is 0.331. The summed E-state index contributed by atoms with van der Waals surface area (Å²) in [5.41, 5.74) is 1.05. The third-order valence-electron chi connectivity index (χ3n) is 3.60. The molecular formula is C15H17N3O3. The van der Waals surface area contributed by atoms with Crippen molar-refractivity contribution in [2.45, 2.75) is 19.0 Å². The fraction of sp³-hybridized carbons (Fsp3) is 0.333. The van der Waals surface area contributed by atoms with Crippen molar-refractivity contribution in [2.75, 3.05) is 14.2 Å². The largest absolute Gasteiger partial charge is 0.493 e. The van der Waals surface area contributed by atoms with E-state index in [1.54, 1.807) is 20.4 Å². The molecule has 0 spiro atoms. The fourth-order valence-corrected chi connectivity index (χ4v) is 2.61. The minimum atomic E-state index is -0.126. The molecule has 3 rings (SSSR count). The average Bonchev–Trinajstić information content (AvgIpc) is 2.95. The summed E-state index contributed by atoms with van der Waals surface area (Å²) in [4.78, 5) is 16.1. The molecule has 1 amide bonds. The summed E-state index contributed by atoms with van der Waals surface area (Å²) in [5, 5.41) is 2.98. The zero-order chi connectivity index (χ0) is 14.8. The Labute approximate surface area is 122 Å². The van der Waals surface area contributed by atoms with Gasteiger partial charge in [0.1, 0.15) is 12.4 Å². The molecule has 0 fully saturated rings. The molecule has 0 saturated heterocycles. The van der Waals surface area contributed by atoms with Crippen molar-refractivity contribution in [1.82, 2.24) is 14.9 Å². The van der Waals surface area contributed by atoms with Crippen LogP contribution in [0.4, 0.5) is 0 Å². The second-order valence-corrected chi connectivity index (χ2v) is 4.93. The zero-order valence-electron chi connectivity index (χ0n) is 12.0. The van der Waals surface area contributed by atoms with Gasteiger partial charge in [-0.05, 0) is 17.7 Å². The van der Waals surface area contributed by atoms with Crippen LogP contribution in [0.25, 0.3) is 0 Å². The molecule has 0 radical (unpaired) electrons. The Kier molecular flexibility index (Phi) is 3.51. The maximum absolute atomic E-state index is 11.7. The van der Waals surface area contributed by atoms with Gasteiger partial charge in [0.05, 0.1) is 20.3 Å². The van der Waals surface area contributed by atoms with E-state index < -0.39 is 0 Å². The van der Waals surface area contributed by atoms with Gasteiger partial charge in [-0.25, -0.2) is 4.98 Å². The Morgan fingerprint density at radius 3 is 2.90 bits per heavy atom. The van der Waals surface area contributed by atoms with Crippen LogP contribution >= 0.6 is 0 Å². The van der Waals surface area contributed by atoms with Crippen LogP contribution in [0.15, 0.2) is 30.6 Å². The van der Waals surface area contributed by atoms with E-state index in [0.717, 1.165) is 11.4 Å². The van der Waals surface area contributed by atoms with Crippen molar-refractivity contribution in [1.29, 1.82) is 0 Å². The number of benzene rings is 1. The third-order valence-corrected chi connectivity index (χ3v) is 3.60. The van der Waals surface area contributed by atoms with Crippen LogP contribution in [0.3, 0.4) is 0 Å². The minimum absolute atomic E-state index is 0.00553. The summed E-state index contributed by atoms with van der Waals surface area (Å²) in [6, 6.07) is 5.63. The van der Waals surface area contributed by atoms with Gasteiger partial charge in [0, 0.05) is 18.8 Å². The lowest BCUT2D eigenvalue weighted by Gasteiger charge is -2.24. The van der Waals surface area contributed by atoms with Crippen molar-refractivity contribution in [3.63, 3.8) is 0 Å². The first-order chi connectivity index (χ1) is 10.2. The van der Waals surface area contributed by atoms with Gasteiger partial charge in [0.15, 0.2) is 11.5 Å². The molecule has 1 aliphatic heterocycles. The molecular weight excluding hydrogens is 270 g/mol. The Bertz CT molecular complexity index is 666. The minimum Gasteiger partial charge on any atom is -0.493 e. The van der Waals surface area contributed by atoms with E-state index in [1.807, 2.05) is 29.0 Å². The van der Waals surface area contributed by atoms with Crippen LogP contribution in [0, 0.1) is 0 Å². The second kappa shape index (κ2) is 5.47. The van der Waals surface area contributed by atoms with Gasteiger partial charge in [-0.3, -0.25) is 4.79 Å². The van der Waals surface area contributed by atoms with Gasteiger partial charge in [0.25, 0.3) is 0 Å². The van der Waals surface area contributed by atoms with E-state index in [2.05, 4.69) is 10.3 Å². The van der Waals surface area contributed by atoms with Crippen molar-refractivity contribution in [3.05, 3.63) is 42.0 Å². The number of carbonyl (C=O) groups excluding carboxylic acids is 1. The first-order valence-electron chi connectivity index (χ1n) is 6.72. The molecule has 1 aromatic carbocycles. The number of methoxy groups -OCH3 is 2. The van der Waals surface area contributed by atoms with Gasteiger partial charge in [-0.15, -0.1) is 0 Å². The number of aromatic nitrogens is 2. The molecule has 0 bridgehead atoms. The standard InChI is InChI=1S/C15H17N3O3/c1-20-12-4-3-10(8-13(12)21-2)7-11-15-16-5-6-18(15)9-14(19)17-11/h3-6,8,11H,7,9H2,1-2H3,(H,17,19). The van der Waals surface area contributed by atoms with Crippen LogP contribution in [-0.4, -0.2) is 29.7 Å². The van der Waals surface area contributed by atoms with E-state index in [-0.39, 0.29) is 11.9 Å². The van der Waals surface area contributed by atoms with Crippen molar-refractivity contribution in [2.24, 2.45) is 0 Å². The Morgan fingerprint density at radius 1 is 1.33 bits per heavy atom. The quantitative estimate of drug-likeness (QED) is 0.921. The SMILES string of the molecule is COc1ccc(CC2NC(=O)Cn3ccnc32)cc1OC. The monoisotopic (exact) mass is 287 g/mol. The highest BCUT2D eigenvalue weighted by Gasteiger charge is 2.25. The summed E-state index contributed by atoms with van der Waals surface area (Å²) >= 11 is 0. The molecule has 1 aliphatic rings. The molecule has 1 atom stereocenters. The molecule has 110 valence electrons. The predicted octanol–water partition coefficient (Wildman–Crippen LogP) is 1.31. The molecule has 2 aromatic rings. The molecule has 1 aromatic heterocycles. The smallest absolute Gasteiger partial charge is 0.240 e. The van der Waals surface area contributed by atoms with E-state index >= 15 is 0 Å². The molecule has 6 nitrogen and oxygen atoms in total. The maximum atomic E-state index is 11.7. The van der Waals surface area contributed by atoms with Crippen molar-refractivity contribution < 1.29 is 14.3 Å². The number of carbonyl (C=O) groups is 1. The average molecular weight is 287 g/mol. The Morgan fingerprint density at radius 2 is 2.14 bits per heavy atom. The first-order valence-corrected chi connectivity index (χ1v) is 6.72. The van der Waals surface area contributed by atoms with E-state index in [0.29, 0.717) is 24.5 Å². The number of ether oxygens (including phenoxy) is 2. The van der Waals surface area contributed by atoms with E-state index in [1.165, 1.54) is 0 Å². The van der Waals surface area contributed by atoms with Gasteiger partial charge in [-0.2, -0.15) is 0 Å². The lowest BCUT2D eigenvalue weighted by Crippen LogP contribution is -2.39. The van der Waals surface area contributed by atoms with Crippen molar-refractivity contribution >= 4 is 5.91 Å². The number of fused-ring (bicyclic) bond motifs is 1. The summed E-state index contributed by atoms with van der Waals surface area (Å²) in [7, 11) is 3.21. The second-order valence-electron chi connectivity index (χ2n) is 4.93. The summed E-state index contributed by atoms with van der Waals surface area (Å²) < 4.78 is 12.4. The molecule has 1 unspecified atom stereocenters. The van der Waals surface area contributed by atoms with E-state index in [4.69, 9.17) is 9.47 Å². The number of amides is 1. The highest BCUT2D eigenvalue weighted by molar-refractivity contribution is 5.77. The number of rotatable bonds is 4. The summed E-state index contributed by atoms with van der Waals surface area (Å²) in [6.07, 6.45) is 4.20. The molecule has 6 heteroatoms. The fourth-order valence-electron chi connectivity index (χ4n) is 2.61. The maximum Gasteiger partial charge on any atom is 0.240 e. The number of hydrogen-bond acceptors (Lipinski definition) is 4. The number of nitrogens with one attached hydrogen (secondary N) is 1. The normalized spacial score (nSPS) is 17.0. The molecule has 1 N–H and O–H groups in total. The highest BCUT2D eigenvalue weighted by atomic mass is 16.5. The third kappa shape index (κ3) is 2.56. The molecule has 0 saturated carbocycles. The molecule has 0 aliphatic carbocycles. The topological polar surface area (TPSA) is 65.4 Å². The molecule has 21 heavy (non-hydrogen) atoms. The first kappa shape index (κ1) is 13.5. The van der Waals surface area contributed by atoms with Crippen LogP contribution in [0.5, 0.6) is 11.5 Å². The molecule has 2 heterocycles. The Hall–Kier alpha value is -2.50. The predicted molar refractivity (Wildman–Crippen MR) is 76.4 cm³/mol. The number of hydrogen-bond donors (Lipinski definition) is 1. The zero-order valence-corrected chi connectivity index (χ0v) is 12.0. The van der Waals surface area contributed by atoms with Crippen LogP contribution < -0.4 is 14.8 Å². The van der Waals surface area contributed by atoms with Crippen LogP contribution in [0.1, 0.15) is 17.4 Å². The van der Waals surface area contributed by atoms with Crippen LogP contribution in [0.2, 0.25) is 0 Å². The number of nitrogens with zero attached hydrogens (tertiary/aromatic N) is 2. The van der Waals surface area contributed by atoms with Gasteiger partial charge in [0.2, 0.25) is 5.91 Å². The lowest BCUT2D eigenvalue weighted by molar-refractivity contribution is -0.123. The lowest BCUT2D eigenvalue weighted by atomic mass is 10.0. The Balaban J connectivity index is 1.86.